The van der Waals surface area contributed by atoms with E-state index in [0.717, 1.165) is 75.8 Å². The van der Waals surface area contributed by atoms with Crippen molar-refractivity contribution >= 4 is 34.3 Å². The van der Waals surface area contributed by atoms with Gasteiger partial charge in [-0.3, -0.25) is 24.4 Å². The second-order valence-electron chi connectivity index (χ2n) is 14.8. The largest absolute Gasteiger partial charge is 0.433 e. The van der Waals surface area contributed by atoms with Crippen LogP contribution in [0, 0.1) is 11.7 Å². The van der Waals surface area contributed by atoms with Crippen LogP contribution in [0.5, 0.6) is 0 Å². The van der Waals surface area contributed by atoms with Gasteiger partial charge in [-0.15, -0.1) is 0 Å². The number of hydrogen-bond acceptors (Lipinski definition) is 8. The molecule has 4 unspecified atom stereocenters. The number of pyridine rings is 1. The van der Waals surface area contributed by atoms with Crippen molar-refractivity contribution in [3.05, 3.63) is 77.0 Å². The lowest BCUT2D eigenvalue weighted by Gasteiger charge is -2.36. The Kier molecular flexibility index (Phi) is 10.5. The highest BCUT2D eigenvalue weighted by Crippen LogP contribution is 2.38. The van der Waals surface area contributed by atoms with Crippen LogP contribution in [0.15, 0.2) is 48.7 Å². The summed E-state index contributed by atoms with van der Waals surface area (Å²) in [6.07, 6.45) is 2.05. The molecule has 3 amide bonds. The lowest BCUT2D eigenvalue weighted by Crippen LogP contribution is -2.40. The van der Waals surface area contributed by atoms with Crippen molar-refractivity contribution in [3.63, 3.8) is 0 Å². The molecule has 5 heterocycles. The Labute approximate surface area is 309 Å². The highest BCUT2D eigenvalue weighted by molar-refractivity contribution is 6.01. The first-order chi connectivity index (χ1) is 25.8. The highest BCUT2D eigenvalue weighted by atomic mass is 19.4. The number of nitrogens with one attached hydrogen (secondary N) is 2. The quantitative estimate of drug-likeness (QED) is 0.122. The lowest BCUT2D eigenvalue weighted by atomic mass is 9.87. The summed E-state index contributed by atoms with van der Waals surface area (Å²) >= 11 is 0. The molecule has 5 N–H and O–H groups in total. The highest BCUT2D eigenvalue weighted by Gasteiger charge is 2.35. The maximum Gasteiger partial charge on any atom is 0.433 e. The SMILES string of the molecule is CC(O)c1cc2c(cnn2C2CCNC(CCC3CCN(c4ccc(C5CCC(=O)NC5=O)cc4F)CC3)C2)cc1-c1ccc(C(F)(F)F)nc1C(N)=O. The van der Waals surface area contributed by atoms with Gasteiger partial charge >= 0.3 is 6.18 Å². The van der Waals surface area contributed by atoms with Crippen LogP contribution in [-0.4, -0.2) is 63.3 Å². The van der Waals surface area contributed by atoms with Crippen molar-refractivity contribution in [3.8, 4) is 11.1 Å². The zero-order valence-electron chi connectivity index (χ0n) is 29.8. The number of primary amides is 1. The second kappa shape index (κ2) is 15.1. The van der Waals surface area contributed by atoms with Crippen LogP contribution in [0.1, 0.15) is 104 Å². The number of nitrogens with two attached hydrogens (primary N) is 1. The number of benzene rings is 2. The van der Waals surface area contributed by atoms with E-state index >= 15 is 4.39 Å². The average Bonchev–Trinajstić information content (AvgIpc) is 3.56. The van der Waals surface area contributed by atoms with Gasteiger partial charge in [0.15, 0.2) is 0 Å². The molecular formula is C39H43F4N7O4. The summed E-state index contributed by atoms with van der Waals surface area (Å²) in [5.41, 5.74) is 6.46. The number of hydrogen-bond donors (Lipinski definition) is 4. The number of rotatable bonds is 9. The number of carbonyl (C=O) groups excluding carboxylic acids is 3. The summed E-state index contributed by atoms with van der Waals surface area (Å²) in [7, 11) is 0. The van der Waals surface area contributed by atoms with Crippen molar-refractivity contribution in [2.75, 3.05) is 24.5 Å². The zero-order chi connectivity index (χ0) is 38.3. The Morgan fingerprint density at radius 2 is 1.81 bits per heavy atom. The summed E-state index contributed by atoms with van der Waals surface area (Å²) in [5, 5.41) is 22.2. The average molecular weight is 750 g/mol. The number of imide groups is 1. The molecule has 286 valence electrons. The van der Waals surface area contributed by atoms with Gasteiger partial charge in [0, 0.05) is 36.5 Å². The topological polar surface area (TPSA) is 155 Å². The molecule has 3 saturated heterocycles. The van der Waals surface area contributed by atoms with Crippen molar-refractivity contribution in [2.45, 2.75) is 88.6 Å². The Balaban J connectivity index is 0.991. The fourth-order valence-electron chi connectivity index (χ4n) is 8.33. The fourth-order valence-corrected chi connectivity index (χ4v) is 8.33. The molecule has 0 saturated carbocycles. The zero-order valence-corrected chi connectivity index (χ0v) is 29.8. The van der Waals surface area contributed by atoms with Gasteiger partial charge in [0.1, 0.15) is 17.2 Å². The van der Waals surface area contributed by atoms with Gasteiger partial charge in [0.2, 0.25) is 11.8 Å². The van der Waals surface area contributed by atoms with Crippen LogP contribution in [0.3, 0.4) is 0 Å². The van der Waals surface area contributed by atoms with Gasteiger partial charge in [0.05, 0.1) is 35.5 Å². The van der Waals surface area contributed by atoms with E-state index in [4.69, 9.17) is 10.8 Å². The van der Waals surface area contributed by atoms with E-state index in [2.05, 4.69) is 20.5 Å². The molecule has 4 atom stereocenters. The van der Waals surface area contributed by atoms with E-state index < -0.39 is 35.5 Å². The van der Waals surface area contributed by atoms with E-state index in [1.165, 1.54) is 6.07 Å². The number of carbonyl (C=O) groups is 3. The van der Waals surface area contributed by atoms with Crippen LogP contribution in [-0.2, 0) is 15.8 Å². The summed E-state index contributed by atoms with van der Waals surface area (Å²) in [6.45, 7) is 3.81. The predicted octanol–water partition coefficient (Wildman–Crippen LogP) is 5.92. The maximum absolute atomic E-state index is 15.3. The van der Waals surface area contributed by atoms with Crippen LogP contribution in [0.2, 0.25) is 0 Å². The minimum atomic E-state index is -4.76. The minimum Gasteiger partial charge on any atom is -0.389 e. The number of aromatic nitrogens is 3. The molecule has 2 aromatic heterocycles. The van der Waals surface area contributed by atoms with Gasteiger partial charge < -0.3 is 21.1 Å². The summed E-state index contributed by atoms with van der Waals surface area (Å²) in [5.74, 6) is -2.17. The van der Waals surface area contributed by atoms with Crippen molar-refractivity contribution in [1.82, 2.24) is 25.4 Å². The molecule has 2 aromatic carbocycles. The number of aliphatic hydroxyl groups is 1. The van der Waals surface area contributed by atoms with Gasteiger partial charge in [-0.1, -0.05) is 6.07 Å². The molecule has 3 aliphatic rings. The molecule has 0 radical (unpaired) electrons. The fraction of sp³-hybridized carbons (Fsp3) is 0.462. The molecule has 0 bridgehead atoms. The van der Waals surface area contributed by atoms with E-state index in [1.54, 1.807) is 37.4 Å². The van der Waals surface area contributed by atoms with Crippen LogP contribution in [0.25, 0.3) is 22.0 Å². The molecule has 15 heteroatoms. The number of anilines is 1. The molecule has 3 aliphatic heterocycles. The Morgan fingerprint density at radius 3 is 2.50 bits per heavy atom. The third kappa shape index (κ3) is 7.69. The summed E-state index contributed by atoms with van der Waals surface area (Å²) < 4.78 is 57.4. The Bertz CT molecular complexity index is 2080. The monoisotopic (exact) mass is 749 g/mol. The van der Waals surface area contributed by atoms with Crippen LogP contribution < -0.4 is 21.3 Å². The van der Waals surface area contributed by atoms with Crippen molar-refractivity contribution in [2.24, 2.45) is 11.7 Å². The predicted molar refractivity (Wildman–Crippen MR) is 193 cm³/mol. The third-order valence-corrected chi connectivity index (χ3v) is 11.2. The standard InChI is InChI=1S/C39H43F4N7O4/c1-21(51)29-19-33-24(16-30(29)28-5-8-34(39(41,42)43)47-36(28)37(44)53)20-46-50(33)26-10-13-45-25(18-26)4-2-22-11-14-49(15-12-22)32-7-3-23(17-31(32)40)27-6-9-35(52)48-38(27)54/h3,5,7-8,16-17,19-22,25-27,45,51H,2,4,6,9-15,18H2,1H3,(H2,44,53)(H,48,52,54). The second-order valence-corrected chi connectivity index (χ2v) is 14.8. The van der Waals surface area contributed by atoms with E-state index in [9.17, 15) is 32.7 Å². The molecule has 7 rings (SSSR count). The molecule has 54 heavy (non-hydrogen) atoms. The van der Waals surface area contributed by atoms with Crippen LogP contribution in [0.4, 0.5) is 23.2 Å². The Morgan fingerprint density at radius 1 is 1.04 bits per heavy atom. The first-order valence-electron chi connectivity index (χ1n) is 18.5. The third-order valence-electron chi connectivity index (χ3n) is 11.2. The number of fused-ring (bicyclic) bond motifs is 1. The van der Waals surface area contributed by atoms with Gasteiger partial charge in [0.25, 0.3) is 5.91 Å². The smallest absolute Gasteiger partial charge is 0.389 e. The molecule has 0 aliphatic carbocycles. The number of aliphatic hydroxyl groups excluding tert-OH is 1. The number of piperidine rings is 3. The van der Waals surface area contributed by atoms with E-state index in [0.29, 0.717) is 40.1 Å². The number of alkyl halides is 3. The van der Waals surface area contributed by atoms with E-state index in [1.807, 2.05) is 4.68 Å². The molecule has 11 nitrogen and oxygen atoms in total. The van der Waals surface area contributed by atoms with Gasteiger partial charge in [-0.2, -0.15) is 18.3 Å². The molecule has 4 aromatic rings. The lowest BCUT2D eigenvalue weighted by molar-refractivity contribution is -0.141. The van der Waals surface area contributed by atoms with Gasteiger partial charge in [-0.05, 0) is 117 Å². The maximum atomic E-state index is 15.3. The molecule has 0 spiro atoms. The first-order valence-corrected chi connectivity index (χ1v) is 18.5. The number of nitrogens with zero attached hydrogens (tertiary/aromatic N) is 4. The Hall–Kier alpha value is -4.89. The van der Waals surface area contributed by atoms with Crippen molar-refractivity contribution in [1.29, 1.82) is 0 Å². The van der Waals surface area contributed by atoms with E-state index in [-0.39, 0.29) is 41.7 Å². The summed E-state index contributed by atoms with van der Waals surface area (Å²) in [6, 6.07) is 10.7. The minimum absolute atomic E-state index is 0.0725. The normalized spacial score (nSPS) is 22.0. The van der Waals surface area contributed by atoms with Crippen LogP contribution >= 0.6 is 0 Å². The molecular weight excluding hydrogens is 706 g/mol. The van der Waals surface area contributed by atoms with Gasteiger partial charge in [-0.25, -0.2) is 9.37 Å². The van der Waals surface area contributed by atoms with Crippen molar-refractivity contribution < 1.29 is 37.1 Å². The molecule has 3 fully saturated rings. The number of halogens is 4. The summed E-state index contributed by atoms with van der Waals surface area (Å²) in [4.78, 5) is 41.6. The number of amides is 3. The first kappa shape index (κ1) is 37.4.